The Morgan fingerprint density at radius 3 is 2.55 bits per heavy atom. The van der Waals surface area contributed by atoms with Crippen molar-refractivity contribution in [2.75, 3.05) is 0 Å². The quantitative estimate of drug-likeness (QED) is 0.723. The molecule has 0 heterocycles. The van der Waals surface area contributed by atoms with Gasteiger partial charge in [0.1, 0.15) is 5.78 Å². The highest BCUT2D eigenvalue weighted by Crippen LogP contribution is 2.65. The predicted molar refractivity (Wildman–Crippen MR) is 84.1 cm³/mol. The van der Waals surface area contributed by atoms with Crippen LogP contribution in [-0.2, 0) is 4.79 Å². The van der Waals surface area contributed by atoms with E-state index in [1.807, 2.05) is 6.92 Å². The maximum atomic E-state index is 12.4. The Balaban J connectivity index is 1.68. The molecule has 0 aromatic heterocycles. The first-order valence-electron chi connectivity index (χ1n) is 9.26. The Morgan fingerprint density at radius 1 is 1.00 bits per heavy atom. The number of hydrogen-bond acceptors (Lipinski definition) is 3. The molecule has 4 aliphatic rings. The second-order valence-corrected chi connectivity index (χ2v) is 9.08. The van der Waals surface area contributed by atoms with E-state index in [1.165, 1.54) is 12.8 Å². The van der Waals surface area contributed by atoms with Gasteiger partial charge in [0.25, 0.3) is 0 Å². The Bertz CT molecular complexity index is 489. The summed E-state index contributed by atoms with van der Waals surface area (Å²) < 4.78 is 0. The molecule has 0 radical (unpaired) electrons. The van der Waals surface area contributed by atoms with E-state index in [0.29, 0.717) is 35.9 Å². The molecule has 4 fully saturated rings. The zero-order chi connectivity index (χ0) is 15.7. The molecule has 8 atom stereocenters. The van der Waals surface area contributed by atoms with Gasteiger partial charge in [-0.05, 0) is 81.0 Å². The number of fused-ring (bicyclic) bond motifs is 5. The first-order valence-corrected chi connectivity index (χ1v) is 9.26. The average Bonchev–Trinajstić information content (AvgIpc) is 2.79. The van der Waals surface area contributed by atoms with Gasteiger partial charge in [0.2, 0.25) is 0 Å². The second-order valence-electron chi connectivity index (χ2n) is 9.08. The summed E-state index contributed by atoms with van der Waals surface area (Å²) in [5, 5.41) is 20.9. The van der Waals surface area contributed by atoms with Gasteiger partial charge in [-0.15, -0.1) is 0 Å². The zero-order valence-electron chi connectivity index (χ0n) is 13.9. The van der Waals surface area contributed by atoms with Crippen LogP contribution in [0, 0.1) is 34.5 Å². The summed E-state index contributed by atoms with van der Waals surface area (Å²) in [6, 6.07) is 0. The van der Waals surface area contributed by atoms with E-state index in [9.17, 15) is 15.0 Å². The van der Waals surface area contributed by atoms with Crippen molar-refractivity contribution in [1.29, 1.82) is 0 Å². The Kier molecular flexibility index (Phi) is 3.30. The highest BCUT2D eigenvalue weighted by atomic mass is 16.3. The third-order valence-corrected chi connectivity index (χ3v) is 8.46. The van der Waals surface area contributed by atoms with Gasteiger partial charge in [-0.1, -0.05) is 6.92 Å². The molecule has 0 bridgehead atoms. The lowest BCUT2D eigenvalue weighted by molar-refractivity contribution is -0.169. The van der Waals surface area contributed by atoms with Crippen molar-refractivity contribution in [3.63, 3.8) is 0 Å². The van der Waals surface area contributed by atoms with E-state index in [1.54, 1.807) is 0 Å². The highest BCUT2D eigenvalue weighted by Gasteiger charge is 2.63. The fraction of sp³-hybridized carbons (Fsp3) is 0.947. The van der Waals surface area contributed by atoms with Gasteiger partial charge in [0, 0.05) is 6.42 Å². The second kappa shape index (κ2) is 4.80. The van der Waals surface area contributed by atoms with Crippen LogP contribution in [0.2, 0.25) is 0 Å². The van der Waals surface area contributed by atoms with Crippen molar-refractivity contribution in [2.45, 2.75) is 77.4 Å². The van der Waals surface area contributed by atoms with Gasteiger partial charge in [-0.3, -0.25) is 4.79 Å². The van der Waals surface area contributed by atoms with Crippen LogP contribution in [0.25, 0.3) is 0 Å². The monoisotopic (exact) mass is 306 g/mol. The number of ketones is 1. The van der Waals surface area contributed by atoms with Crippen LogP contribution in [0.5, 0.6) is 0 Å². The fourth-order valence-corrected chi connectivity index (χ4v) is 6.98. The molecule has 0 aliphatic heterocycles. The minimum absolute atomic E-state index is 0.124. The van der Waals surface area contributed by atoms with E-state index >= 15 is 0 Å². The first-order chi connectivity index (χ1) is 10.4. The minimum Gasteiger partial charge on any atom is -0.393 e. The minimum atomic E-state index is -0.474. The van der Waals surface area contributed by atoms with Crippen molar-refractivity contribution in [1.82, 2.24) is 0 Å². The van der Waals surface area contributed by atoms with E-state index in [2.05, 4.69) is 6.92 Å². The Labute approximate surface area is 133 Å². The molecule has 0 aromatic carbocycles. The van der Waals surface area contributed by atoms with Crippen molar-refractivity contribution >= 4 is 5.78 Å². The number of aliphatic hydroxyl groups excluding tert-OH is 2. The van der Waals surface area contributed by atoms with Crippen LogP contribution in [-0.4, -0.2) is 28.2 Å². The van der Waals surface area contributed by atoms with Crippen LogP contribution in [0.4, 0.5) is 0 Å². The summed E-state index contributed by atoms with van der Waals surface area (Å²) in [7, 11) is 0. The molecule has 124 valence electrons. The van der Waals surface area contributed by atoms with Crippen LogP contribution in [0.1, 0.15) is 65.2 Å². The number of carbonyl (C=O) groups is 1. The zero-order valence-corrected chi connectivity index (χ0v) is 13.9. The lowest BCUT2D eigenvalue weighted by Gasteiger charge is -2.61. The molecule has 4 rings (SSSR count). The van der Waals surface area contributed by atoms with Gasteiger partial charge in [-0.25, -0.2) is 0 Å². The SMILES string of the molecule is C[C@]12CC[C@@H](O)C[C@H]1CC[C@@H]1[C@@H]2C[C@H](O)[C@]2(C)C(=O)CC[C@@H]12. The smallest absolute Gasteiger partial charge is 0.141 e. The Hall–Kier alpha value is -0.410. The molecule has 3 heteroatoms. The van der Waals surface area contributed by atoms with E-state index in [-0.39, 0.29) is 11.5 Å². The predicted octanol–water partition coefficient (Wildman–Crippen LogP) is 2.93. The van der Waals surface area contributed by atoms with E-state index in [0.717, 1.165) is 32.1 Å². The van der Waals surface area contributed by atoms with Crippen molar-refractivity contribution in [3.8, 4) is 0 Å². The van der Waals surface area contributed by atoms with E-state index < -0.39 is 11.5 Å². The number of rotatable bonds is 0. The van der Waals surface area contributed by atoms with Crippen molar-refractivity contribution < 1.29 is 15.0 Å². The molecule has 3 nitrogen and oxygen atoms in total. The number of hydrogen-bond donors (Lipinski definition) is 2. The summed E-state index contributed by atoms with van der Waals surface area (Å²) in [5.41, 5.74) is -0.214. The normalized spacial score (nSPS) is 57.9. The molecule has 22 heavy (non-hydrogen) atoms. The van der Waals surface area contributed by atoms with Crippen LogP contribution in [0.15, 0.2) is 0 Å². The van der Waals surface area contributed by atoms with Gasteiger partial charge in [0.15, 0.2) is 0 Å². The summed E-state index contributed by atoms with van der Waals surface area (Å²) in [4.78, 5) is 12.4. The summed E-state index contributed by atoms with van der Waals surface area (Å²) >= 11 is 0. The van der Waals surface area contributed by atoms with Gasteiger partial charge < -0.3 is 10.2 Å². The fourth-order valence-electron chi connectivity index (χ4n) is 6.98. The van der Waals surface area contributed by atoms with Crippen LogP contribution in [0.3, 0.4) is 0 Å². The topological polar surface area (TPSA) is 57.5 Å². The molecule has 0 saturated heterocycles. The molecule has 4 aliphatic carbocycles. The number of carbonyl (C=O) groups excluding carboxylic acids is 1. The lowest BCUT2D eigenvalue weighted by atomic mass is 9.44. The molecule has 0 spiro atoms. The van der Waals surface area contributed by atoms with Gasteiger partial charge in [0.05, 0.1) is 17.6 Å². The molecule has 0 aromatic rings. The molecular weight excluding hydrogens is 276 g/mol. The molecule has 4 saturated carbocycles. The molecule has 0 amide bonds. The lowest BCUT2D eigenvalue weighted by Crippen LogP contribution is -2.58. The average molecular weight is 306 g/mol. The van der Waals surface area contributed by atoms with E-state index in [4.69, 9.17) is 0 Å². The standard InChI is InChI=1S/C19H30O3/c1-18-8-7-12(20)9-11(18)3-4-13-14-5-6-16(21)19(14,2)17(22)10-15(13)18/h11-15,17,20,22H,3-10H2,1-2H3/t11-,12-,13+,14+,15+,17+,18+,19+/m1/s1. The van der Waals surface area contributed by atoms with Crippen LogP contribution < -0.4 is 0 Å². The Morgan fingerprint density at radius 2 is 1.77 bits per heavy atom. The third-order valence-electron chi connectivity index (χ3n) is 8.46. The summed E-state index contributed by atoms with van der Waals surface area (Å²) in [5.74, 6) is 2.44. The maximum Gasteiger partial charge on any atom is 0.141 e. The van der Waals surface area contributed by atoms with Gasteiger partial charge >= 0.3 is 0 Å². The molecular formula is C19H30O3. The van der Waals surface area contributed by atoms with Gasteiger partial charge in [-0.2, -0.15) is 0 Å². The third kappa shape index (κ3) is 1.78. The largest absolute Gasteiger partial charge is 0.393 e. The number of Topliss-reactive ketones (excluding diaryl/α,β-unsaturated/α-hetero) is 1. The molecule has 0 unspecified atom stereocenters. The van der Waals surface area contributed by atoms with Crippen LogP contribution >= 0.6 is 0 Å². The van der Waals surface area contributed by atoms with Crippen molar-refractivity contribution in [3.05, 3.63) is 0 Å². The molecule has 2 N–H and O–H groups in total. The highest BCUT2D eigenvalue weighted by molar-refractivity contribution is 5.87. The van der Waals surface area contributed by atoms with Crippen molar-refractivity contribution in [2.24, 2.45) is 34.5 Å². The maximum absolute atomic E-state index is 12.4. The number of aliphatic hydroxyl groups is 2. The summed E-state index contributed by atoms with van der Waals surface area (Å²) in [6.45, 7) is 4.44. The first kappa shape index (κ1) is 15.1. The summed E-state index contributed by atoms with van der Waals surface area (Å²) in [6.07, 6.45) is 7.19.